The van der Waals surface area contributed by atoms with Crippen LogP contribution in [0.2, 0.25) is 0 Å². The van der Waals surface area contributed by atoms with Crippen LogP contribution in [0, 0.1) is 5.92 Å². The van der Waals surface area contributed by atoms with Crippen LogP contribution in [-0.4, -0.2) is 25.0 Å². The van der Waals surface area contributed by atoms with Crippen LogP contribution < -0.4 is 10.6 Å². The lowest BCUT2D eigenvalue weighted by Crippen LogP contribution is -2.28. The van der Waals surface area contributed by atoms with Gasteiger partial charge in [0.1, 0.15) is 0 Å². The van der Waals surface area contributed by atoms with Crippen molar-refractivity contribution in [2.45, 2.75) is 51.2 Å². The van der Waals surface area contributed by atoms with Gasteiger partial charge in [-0.05, 0) is 48.8 Å². The van der Waals surface area contributed by atoms with Gasteiger partial charge < -0.3 is 15.4 Å². The lowest BCUT2D eigenvalue weighted by molar-refractivity contribution is -0.122. The third-order valence-corrected chi connectivity index (χ3v) is 4.89. The van der Waals surface area contributed by atoms with E-state index in [1.807, 2.05) is 18.2 Å². The Morgan fingerprint density at radius 2 is 2.09 bits per heavy atom. The van der Waals surface area contributed by atoms with E-state index in [1.165, 1.54) is 0 Å². The molecule has 0 radical (unpaired) electrons. The molecule has 23 heavy (non-hydrogen) atoms. The summed E-state index contributed by atoms with van der Waals surface area (Å²) in [6, 6.07) is 5.86. The Balaban J connectivity index is 1.45. The van der Waals surface area contributed by atoms with Crippen LogP contribution in [0.4, 0.5) is 5.69 Å². The van der Waals surface area contributed by atoms with E-state index in [1.54, 1.807) is 7.11 Å². The number of benzene rings is 1. The zero-order chi connectivity index (χ0) is 16.2. The Bertz CT molecular complexity index is 592. The second-order valence-electron chi connectivity index (χ2n) is 6.58. The molecule has 5 heteroatoms. The molecule has 1 aliphatic carbocycles. The van der Waals surface area contributed by atoms with Crippen molar-refractivity contribution < 1.29 is 14.3 Å². The summed E-state index contributed by atoms with van der Waals surface area (Å²) in [5.41, 5.74) is 2.94. The first-order chi connectivity index (χ1) is 11.1. The van der Waals surface area contributed by atoms with Crippen LogP contribution >= 0.6 is 0 Å². The Labute approximate surface area is 136 Å². The van der Waals surface area contributed by atoms with Crippen molar-refractivity contribution in [3.05, 3.63) is 29.3 Å². The van der Waals surface area contributed by atoms with Gasteiger partial charge in [0.15, 0.2) is 0 Å². The van der Waals surface area contributed by atoms with Crippen LogP contribution in [-0.2, 0) is 27.3 Å². The lowest BCUT2D eigenvalue weighted by atomic mass is 9.85. The lowest BCUT2D eigenvalue weighted by Gasteiger charge is -2.27. The second kappa shape index (κ2) is 7.13. The van der Waals surface area contributed by atoms with E-state index in [4.69, 9.17) is 4.74 Å². The number of nitrogens with one attached hydrogen (secondary N) is 2. The summed E-state index contributed by atoms with van der Waals surface area (Å²) in [6.07, 6.45) is 5.65. The largest absolute Gasteiger partial charge is 0.381 e. The van der Waals surface area contributed by atoms with Gasteiger partial charge in [-0.25, -0.2) is 0 Å². The minimum atomic E-state index is 0.0350. The summed E-state index contributed by atoms with van der Waals surface area (Å²) in [5.74, 6) is 0.622. The van der Waals surface area contributed by atoms with Crippen LogP contribution in [0.25, 0.3) is 0 Å². The number of carbonyl (C=O) groups excluding carboxylic acids is 2. The first kappa shape index (κ1) is 16.0. The number of fused-ring (bicyclic) bond motifs is 1. The van der Waals surface area contributed by atoms with Crippen molar-refractivity contribution in [2.75, 3.05) is 12.4 Å². The zero-order valence-corrected chi connectivity index (χ0v) is 13.6. The molecular weight excluding hydrogens is 292 g/mol. The van der Waals surface area contributed by atoms with Crippen molar-refractivity contribution in [3.8, 4) is 0 Å². The number of amides is 2. The van der Waals surface area contributed by atoms with Crippen molar-refractivity contribution in [1.82, 2.24) is 5.32 Å². The summed E-state index contributed by atoms with van der Waals surface area (Å²) in [6.45, 7) is 0.522. The van der Waals surface area contributed by atoms with E-state index in [0.29, 0.717) is 31.4 Å². The number of ether oxygens (including phenoxy) is 1. The molecule has 0 aromatic heterocycles. The van der Waals surface area contributed by atoms with Gasteiger partial charge in [0.05, 0.1) is 12.5 Å². The molecule has 2 amide bonds. The number of rotatable bonds is 5. The van der Waals surface area contributed by atoms with Crippen molar-refractivity contribution in [3.63, 3.8) is 0 Å². The van der Waals surface area contributed by atoms with Crippen LogP contribution in [0.3, 0.4) is 0 Å². The molecule has 0 atom stereocenters. The third-order valence-electron chi connectivity index (χ3n) is 4.89. The van der Waals surface area contributed by atoms with Gasteiger partial charge in [-0.1, -0.05) is 12.1 Å². The highest BCUT2D eigenvalue weighted by Gasteiger charge is 2.23. The first-order valence-corrected chi connectivity index (χ1v) is 8.35. The molecule has 5 nitrogen and oxygen atoms in total. The quantitative estimate of drug-likeness (QED) is 0.876. The van der Waals surface area contributed by atoms with Crippen LogP contribution in [0.15, 0.2) is 18.2 Å². The summed E-state index contributed by atoms with van der Waals surface area (Å²) in [5, 5.41) is 5.81. The van der Waals surface area contributed by atoms with Gasteiger partial charge >= 0.3 is 0 Å². The van der Waals surface area contributed by atoms with Gasteiger partial charge in [-0.3, -0.25) is 9.59 Å². The maximum atomic E-state index is 12.1. The monoisotopic (exact) mass is 316 g/mol. The normalized spacial score (nSPS) is 23.3. The molecule has 0 saturated heterocycles. The van der Waals surface area contributed by atoms with Crippen LogP contribution in [0.1, 0.15) is 43.2 Å². The fourth-order valence-corrected chi connectivity index (χ4v) is 3.50. The van der Waals surface area contributed by atoms with Crippen molar-refractivity contribution in [2.24, 2.45) is 5.92 Å². The van der Waals surface area contributed by atoms with E-state index in [0.717, 1.165) is 42.5 Å². The number of hydrogen-bond acceptors (Lipinski definition) is 3. The number of hydrogen-bond donors (Lipinski definition) is 2. The molecule has 2 N–H and O–H groups in total. The maximum Gasteiger partial charge on any atom is 0.228 e. The highest BCUT2D eigenvalue weighted by molar-refractivity contribution is 5.99. The van der Waals surface area contributed by atoms with Gasteiger partial charge in [0.2, 0.25) is 11.8 Å². The summed E-state index contributed by atoms with van der Waals surface area (Å²) in [4.78, 5) is 23.5. The Morgan fingerprint density at radius 3 is 2.83 bits per heavy atom. The van der Waals surface area contributed by atoms with Gasteiger partial charge in [0.25, 0.3) is 0 Å². The Morgan fingerprint density at radius 1 is 1.30 bits per heavy atom. The van der Waals surface area contributed by atoms with Crippen molar-refractivity contribution >= 4 is 17.5 Å². The molecule has 3 rings (SSSR count). The van der Waals surface area contributed by atoms with Gasteiger partial charge in [0, 0.05) is 25.8 Å². The molecule has 0 unspecified atom stereocenters. The zero-order valence-electron chi connectivity index (χ0n) is 13.6. The van der Waals surface area contributed by atoms with E-state index in [-0.39, 0.29) is 11.8 Å². The van der Waals surface area contributed by atoms with E-state index >= 15 is 0 Å². The molecule has 0 spiro atoms. The molecule has 1 aromatic rings. The average molecular weight is 316 g/mol. The highest BCUT2D eigenvalue weighted by Crippen LogP contribution is 2.28. The van der Waals surface area contributed by atoms with Gasteiger partial charge in [-0.15, -0.1) is 0 Å². The Kier molecular flexibility index (Phi) is 4.96. The molecule has 1 saturated carbocycles. The average Bonchev–Trinajstić information content (AvgIpc) is 2.93. The molecular formula is C18H24N2O3. The fourth-order valence-electron chi connectivity index (χ4n) is 3.50. The van der Waals surface area contributed by atoms with E-state index in [2.05, 4.69) is 10.6 Å². The first-order valence-electron chi connectivity index (χ1n) is 8.35. The molecule has 0 bridgehead atoms. The minimum absolute atomic E-state index is 0.0350. The SMILES string of the molecule is COC1CCC(CC(=O)NCc2ccc3c(c2)CC(=O)N3)CC1. The second-order valence-corrected chi connectivity index (χ2v) is 6.58. The molecule has 1 fully saturated rings. The fraction of sp³-hybridized carbons (Fsp3) is 0.556. The maximum absolute atomic E-state index is 12.1. The van der Waals surface area contributed by atoms with E-state index in [9.17, 15) is 9.59 Å². The van der Waals surface area contributed by atoms with Crippen molar-refractivity contribution in [1.29, 1.82) is 0 Å². The number of carbonyl (C=O) groups is 2. The summed E-state index contributed by atoms with van der Waals surface area (Å²) < 4.78 is 5.36. The summed E-state index contributed by atoms with van der Waals surface area (Å²) in [7, 11) is 1.76. The smallest absolute Gasteiger partial charge is 0.228 e. The predicted octanol–water partition coefficient (Wildman–Crippen LogP) is 2.39. The van der Waals surface area contributed by atoms with Crippen LogP contribution in [0.5, 0.6) is 0 Å². The predicted molar refractivity (Wildman–Crippen MR) is 88.0 cm³/mol. The minimum Gasteiger partial charge on any atom is -0.381 e. The Hall–Kier alpha value is -1.88. The highest BCUT2D eigenvalue weighted by atomic mass is 16.5. The number of methoxy groups -OCH3 is 1. The molecule has 1 aromatic carbocycles. The standard InChI is InChI=1S/C18H24N2O3/c1-23-15-5-2-12(3-6-15)9-17(21)19-11-13-4-7-16-14(8-13)10-18(22)20-16/h4,7-8,12,15H,2-3,5-6,9-11H2,1H3,(H,19,21)(H,20,22). The molecule has 2 aliphatic rings. The molecule has 1 heterocycles. The van der Waals surface area contributed by atoms with E-state index < -0.39 is 0 Å². The molecule has 124 valence electrons. The topological polar surface area (TPSA) is 67.4 Å². The van der Waals surface area contributed by atoms with Gasteiger partial charge in [-0.2, -0.15) is 0 Å². The summed E-state index contributed by atoms with van der Waals surface area (Å²) >= 11 is 0. The third kappa shape index (κ3) is 4.10. The molecule has 1 aliphatic heterocycles. The number of anilines is 1.